The highest BCUT2D eigenvalue weighted by Crippen LogP contribution is 2.41. The smallest absolute Gasteiger partial charge is 0.280 e. The fraction of sp³-hybridized carbons (Fsp3) is 0.444. The van der Waals surface area contributed by atoms with Crippen molar-refractivity contribution in [3.8, 4) is 23.0 Å². The molecule has 128 valence electrons. The summed E-state index contributed by atoms with van der Waals surface area (Å²) in [5.41, 5.74) is 1.50. The van der Waals surface area contributed by atoms with Gasteiger partial charge >= 0.3 is 0 Å². The summed E-state index contributed by atoms with van der Waals surface area (Å²) in [6.07, 6.45) is 7.86. The van der Waals surface area contributed by atoms with Gasteiger partial charge in [0.15, 0.2) is 5.69 Å². The summed E-state index contributed by atoms with van der Waals surface area (Å²) >= 11 is 0. The molecule has 0 N–H and O–H groups in total. The predicted octanol–water partition coefficient (Wildman–Crippen LogP) is 3.65. The number of hydrogen-bond acceptors (Lipinski definition) is 7. The lowest BCUT2D eigenvalue weighted by Gasteiger charge is -2.27. The highest BCUT2D eigenvalue weighted by atomic mass is 16.5. The normalized spacial score (nSPS) is 17.8. The van der Waals surface area contributed by atoms with Gasteiger partial charge in [-0.25, -0.2) is 4.98 Å². The zero-order chi connectivity index (χ0) is 16.6. The molecule has 0 aromatic carbocycles. The molecule has 1 saturated carbocycles. The molecular weight excluding hydrogens is 318 g/mol. The van der Waals surface area contributed by atoms with E-state index in [-0.39, 0.29) is 0 Å². The lowest BCUT2D eigenvalue weighted by atomic mass is 10.1. The lowest BCUT2D eigenvalue weighted by Crippen LogP contribution is -2.30. The van der Waals surface area contributed by atoms with Crippen molar-refractivity contribution in [2.45, 2.75) is 38.0 Å². The van der Waals surface area contributed by atoms with Gasteiger partial charge in [0.2, 0.25) is 5.82 Å². The highest BCUT2D eigenvalue weighted by Gasteiger charge is 2.29. The van der Waals surface area contributed by atoms with Gasteiger partial charge in [-0.15, -0.1) is 0 Å². The van der Waals surface area contributed by atoms with E-state index in [4.69, 9.17) is 9.05 Å². The molecule has 0 atom stereocenters. The van der Waals surface area contributed by atoms with Gasteiger partial charge in [0.25, 0.3) is 5.89 Å². The molecule has 1 aliphatic heterocycles. The minimum absolute atomic E-state index is 0.391. The molecule has 1 aliphatic carbocycles. The van der Waals surface area contributed by atoms with Crippen LogP contribution >= 0.6 is 0 Å². The third-order valence-electron chi connectivity index (χ3n) is 4.84. The summed E-state index contributed by atoms with van der Waals surface area (Å²) in [7, 11) is 0. The largest absolute Gasteiger partial charge is 0.360 e. The number of piperidine rings is 1. The molecule has 25 heavy (non-hydrogen) atoms. The van der Waals surface area contributed by atoms with E-state index < -0.39 is 0 Å². The van der Waals surface area contributed by atoms with E-state index in [1.54, 1.807) is 6.20 Å². The molecule has 5 rings (SSSR count). The first-order valence-corrected chi connectivity index (χ1v) is 8.89. The second kappa shape index (κ2) is 5.98. The Morgan fingerprint density at radius 2 is 1.88 bits per heavy atom. The van der Waals surface area contributed by atoms with Crippen molar-refractivity contribution in [2.24, 2.45) is 0 Å². The molecule has 7 heteroatoms. The summed E-state index contributed by atoms with van der Waals surface area (Å²) in [5, 5.41) is 8.16. The summed E-state index contributed by atoms with van der Waals surface area (Å²) in [4.78, 5) is 11.3. The lowest BCUT2D eigenvalue weighted by molar-refractivity contribution is 0.379. The molecule has 0 bridgehead atoms. The van der Waals surface area contributed by atoms with Crippen LogP contribution in [0.25, 0.3) is 23.0 Å². The Morgan fingerprint density at radius 1 is 1.00 bits per heavy atom. The minimum Gasteiger partial charge on any atom is -0.360 e. The highest BCUT2D eigenvalue weighted by molar-refractivity contribution is 5.61. The van der Waals surface area contributed by atoms with Crippen LogP contribution in [-0.4, -0.2) is 33.4 Å². The third-order valence-corrected chi connectivity index (χ3v) is 4.84. The molecule has 0 radical (unpaired) electrons. The van der Waals surface area contributed by atoms with Crippen molar-refractivity contribution in [2.75, 3.05) is 18.0 Å². The van der Waals surface area contributed by atoms with E-state index in [0.29, 0.717) is 23.3 Å². The van der Waals surface area contributed by atoms with Crippen LogP contribution in [0.2, 0.25) is 0 Å². The first kappa shape index (κ1) is 14.6. The maximum absolute atomic E-state index is 5.39. The number of hydrogen-bond donors (Lipinski definition) is 0. The monoisotopic (exact) mass is 337 g/mol. The molecule has 3 aromatic rings. The molecule has 0 spiro atoms. The summed E-state index contributed by atoms with van der Waals surface area (Å²) in [6.45, 7) is 2.10. The number of aromatic nitrogens is 4. The Hall–Kier alpha value is -2.70. The SMILES string of the molecule is c1cc(-c2noc(-c3cc(C4CC4)on3)n2)cc(N2CCCCC2)n1. The molecular formula is C18H19N5O2. The Labute approximate surface area is 145 Å². The molecule has 3 aromatic heterocycles. The second-order valence-corrected chi connectivity index (χ2v) is 6.76. The quantitative estimate of drug-likeness (QED) is 0.718. The van der Waals surface area contributed by atoms with Crippen LogP contribution in [0, 0.1) is 0 Å². The van der Waals surface area contributed by atoms with Gasteiger partial charge in [0, 0.05) is 36.8 Å². The van der Waals surface area contributed by atoms with E-state index in [1.165, 1.54) is 32.1 Å². The van der Waals surface area contributed by atoms with Gasteiger partial charge in [-0.1, -0.05) is 10.3 Å². The van der Waals surface area contributed by atoms with Crippen LogP contribution in [0.4, 0.5) is 5.82 Å². The van der Waals surface area contributed by atoms with Crippen LogP contribution in [0.5, 0.6) is 0 Å². The Balaban J connectivity index is 1.40. The van der Waals surface area contributed by atoms with Crippen molar-refractivity contribution in [1.29, 1.82) is 0 Å². The first-order valence-electron chi connectivity index (χ1n) is 8.89. The number of nitrogens with zero attached hydrogens (tertiary/aromatic N) is 5. The average Bonchev–Trinajstić information content (AvgIpc) is 3.20. The number of rotatable bonds is 4. The maximum Gasteiger partial charge on any atom is 0.280 e. The van der Waals surface area contributed by atoms with Gasteiger partial charge in [0.1, 0.15) is 11.6 Å². The molecule has 4 heterocycles. The van der Waals surface area contributed by atoms with Gasteiger partial charge in [-0.05, 0) is 44.2 Å². The second-order valence-electron chi connectivity index (χ2n) is 6.76. The summed E-state index contributed by atoms with van der Waals surface area (Å²) < 4.78 is 10.7. The topological polar surface area (TPSA) is 81.1 Å². The Kier molecular flexibility index (Phi) is 3.50. The number of pyridine rings is 1. The van der Waals surface area contributed by atoms with Gasteiger partial charge in [0.05, 0.1) is 0 Å². The van der Waals surface area contributed by atoms with Crippen LogP contribution in [0.15, 0.2) is 33.4 Å². The Bertz CT molecular complexity index is 877. The van der Waals surface area contributed by atoms with Crippen molar-refractivity contribution in [1.82, 2.24) is 20.3 Å². The third kappa shape index (κ3) is 2.90. The first-order chi connectivity index (χ1) is 12.4. The van der Waals surface area contributed by atoms with Crippen LogP contribution in [-0.2, 0) is 0 Å². The van der Waals surface area contributed by atoms with Gasteiger partial charge in [-0.3, -0.25) is 0 Å². The van der Waals surface area contributed by atoms with Gasteiger partial charge in [-0.2, -0.15) is 4.98 Å². The summed E-state index contributed by atoms with van der Waals surface area (Å²) in [6, 6.07) is 5.83. The average molecular weight is 337 g/mol. The van der Waals surface area contributed by atoms with Crippen molar-refractivity contribution >= 4 is 5.82 Å². The number of anilines is 1. The zero-order valence-electron chi connectivity index (χ0n) is 13.9. The molecule has 7 nitrogen and oxygen atoms in total. The molecule has 0 amide bonds. The van der Waals surface area contributed by atoms with Crippen molar-refractivity contribution < 1.29 is 9.05 Å². The van der Waals surface area contributed by atoms with Crippen LogP contribution in [0.1, 0.15) is 43.8 Å². The predicted molar refractivity (Wildman–Crippen MR) is 91.1 cm³/mol. The van der Waals surface area contributed by atoms with Crippen molar-refractivity contribution in [3.05, 3.63) is 30.2 Å². The van der Waals surface area contributed by atoms with E-state index in [9.17, 15) is 0 Å². The van der Waals surface area contributed by atoms with Crippen LogP contribution < -0.4 is 4.90 Å². The molecule has 2 fully saturated rings. The molecule has 2 aliphatic rings. The van der Waals surface area contributed by atoms with Gasteiger partial charge < -0.3 is 13.9 Å². The Morgan fingerprint density at radius 3 is 2.72 bits per heavy atom. The fourth-order valence-corrected chi connectivity index (χ4v) is 3.25. The maximum atomic E-state index is 5.39. The van der Waals surface area contributed by atoms with Crippen molar-refractivity contribution in [3.63, 3.8) is 0 Å². The molecule has 1 saturated heterocycles. The van der Waals surface area contributed by atoms with E-state index in [0.717, 1.165) is 30.2 Å². The summed E-state index contributed by atoms with van der Waals surface area (Å²) in [5.74, 6) is 3.33. The van der Waals surface area contributed by atoms with E-state index in [1.807, 2.05) is 18.2 Å². The molecule has 0 unspecified atom stereocenters. The van der Waals surface area contributed by atoms with E-state index in [2.05, 4.69) is 25.2 Å². The standard InChI is InChI=1S/C18H19N5O2/c1-2-8-23(9-3-1)16-10-13(6-7-19-16)17-20-18(25-22-17)14-11-15(24-21-14)12-4-5-12/h6-7,10-12H,1-5,8-9H2. The fourth-order valence-electron chi connectivity index (χ4n) is 3.25. The van der Waals surface area contributed by atoms with Crippen LogP contribution in [0.3, 0.4) is 0 Å². The minimum atomic E-state index is 0.391. The van der Waals surface area contributed by atoms with E-state index >= 15 is 0 Å². The zero-order valence-corrected chi connectivity index (χ0v) is 13.9.